The highest BCUT2D eigenvalue weighted by Gasteiger charge is 2.08. The standard InChI is InChI=1S/C22H32O4/c1-2-20(23)21(24)18-16-14-12-10-8-6-4-3-5-7-9-11-13-15-17-19-22(25)26/h3-4,7-10,12-16,18,20-21,23-24H,2,5-6,11,17,19H2,1H3,(H,25,26)/b4-3-,9-7-,10-8-,14-12+,15-13-,18-16+/t20-,21+/m0/s1. The van der Waals surface area contributed by atoms with Gasteiger partial charge < -0.3 is 15.3 Å². The van der Waals surface area contributed by atoms with Crippen molar-refractivity contribution in [1.29, 1.82) is 0 Å². The molecular weight excluding hydrogens is 328 g/mol. The fourth-order valence-electron chi connectivity index (χ4n) is 1.87. The van der Waals surface area contributed by atoms with Gasteiger partial charge in [0, 0.05) is 6.42 Å². The third kappa shape index (κ3) is 16.7. The highest BCUT2D eigenvalue weighted by Crippen LogP contribution is 2.00. The Hall–Kier alpha value is -2.17. The van der Waals surface area contributed by atoms with E-state index in [9.17, 15) is 15.0 Å². The van der Waals surface area contributed by atoms with Gasteiger partial charge in [-0.1, -0.05) is 79.8 Å². The minimum Gasteiger partial charge on any atom is -0.481 e. The van der Waals surface area contributed by atoms with E-state index in [-0.39, 0.29) is 6.42 Å². The molecule has 0 aromatic rings. The van der Waals surface area contributed by atoms with Crippen molar-refractivity contribution in [2.75, 3.05) is 0 Å². The van der Waals surface area contributed by atoms with E-state index in [0.717, 1.165) is 19.3 Å². The van der Waals surface area contributed by atoms with Crippen molar-refractivity contribution in [2.24, 2.45) is 0 Å². The summed E-state index contributed by atoms with van der Waals surface area (Å²) in [7, 11) is 0. The van der Waals surface area contributed by atoms with E-state index in [1.165, 1.54) is 0 Å². The number of aliphatic hydroxyl groups is 2. The monoisotopic (exact) mass is 360 g/mol. The molecule has 0 amide bonds. The van der Waals surface area contributed by atoms with Gasteiger partial charge in [0.1, 0.15) is 0 Å². The second kappa shape index (κ2) is 17.6. The summed E-state index contributed by atoms with van der Waals surface area (Å²) in [5, 5.41) is 27.4. The Morgan fingerprint density at radius 1 is 0.808 bits per heavy atom. The van der Waals surface area contributed by atoms with Crippen LogP contribution in [0.3, 0.4) is 0 Å². The SMILES string of the molecule is CC[C@H](O)[C@H](O)/C=C/C=C/C=C\C/C=C\C/C=C\C/C=C\CCC(=O)O. The summed E-state index contributed by atoms with van der Waals surface area (Å²) in [5.41, 5.74) is 0. The Morgan fingerprint density at radius 3 is 1.92 bits per heavy atom. The second-order valence-electron chi connectivity index (χ2n) is 5.72. The lowest BCUT2D eigenvalue weighted by atomic mass is 10.1. The minimum atomic E-state index is -0.815. The summed E-state index contributed by atoms with van der Waals surface area (Å²) < 4.78 is 0. The molecule has 2 atom stereocenters. The van der Waals surface area contributed by atoms with Crippen LogP contribution in [0.2, 0.25) is 0 Å². The maximum Gasteiger partial charge on any atom is 0.303 e. The predicted octanol–water partition coefficient (Wildman–Crippen LogP) is 4.49. The normalized spacial score (nSPS) is 15.5. The zero-order valence-corrected chi connectivity index (χ0v) is 15.6. The first-order valence-electron chi connectivity index (χ1n) is 9.10. The van der Waals surface area contributed by atoms with Gasteiger partial charge in [0.05, 0.1) is 12.2 Å². The maximum atomic E-state index is 10.3. The first-order valence-corrected chi connectivity index (χ1v) is 9.10. The number of allylic oxidation sites excluding steroid dienone is 11. The summed E-state index contributed by atoms with van der Waals surface area (Å²) in [6.45, 7) is 1.83. The lowest BCUT2D eigenvalue weighted by molar-refractivity contribution is -0.136. The highest BCUT2D eigenvalue weighted by molar-refractivity contribution is 5.66. The molecule has 0 bridgehead atoms. The van der Waals surface area contributed by atoms with Crippen LogP contribution in [0.4, 0.5) is 0 Å². The lowest BCUT2D eigenvalue weighted by Gasteiger charge is -2.10. The third-order valence-corrected chi connectivity index (χ3v) is 3.43. The van der Waals surface area contributed by atoms with E-state index in [1.807, 2.05) is 43.4 Å². The Labute approximate surface area is 157 Å². The second-order valence-corrected chi connectivity index (χ2v) is 5.72. The van der Waals surface area contributed by atoms with Gasteiger partial charge in [-0.05, 0) is 32.1 Å². The molecule has 0 aromatic carbocycles. The summed E-state index contributed by atoms with van der Waals surface area (Å²) >= 11 is 0. The summed E-state index contributed by atoms with van der Waals surface area (Å²) in [6.07, 6.45) is 25.5. The van der Waals surface area contributed by atoms with Crippen LogP contribution in [0, 0.1) is 0 Å². The minimum absolute atomic E-state index is 0.186. The molecule has 0 radical (unpaired) electrons. The van der Waals surface area contributed by atoms with Crippen LogP contribution in [-0.2, 0) is 4.79 Å². The number of hydrogen-bond donors (Lipinski definition) is 3. The van der Waals surface area contributed by atoms with E-state index < -0.39 is 18.2 Å². The van der Waals surface area contributed by atoms with Crippen LogP contribution in [0.1, 0.15) is 45.4 Å². The van der Waals surface area contributed by atoms with Crippen LogP contribution >= 0.6 is 0 Å². The number of hydrogen-bond acceptors (Lipinski definition) is 3. The Kier molecular flexibility index (Phi) is 16.2. The molecule has 0 unspecified atom stereocenters. The van der Waals surface area contributed by atoms with Gasteiger partial charge in [-0.15, -0.1) is 0 Å². The highest BCUT2D eigenvalue weighted by atomic mass is 16.4. The first kappa shape index (κ1) is 23.8. The number of rotatable bonds is 14. The molecule has 0 rings (SSSR count). The average Bonchev–Trinajstić information content (AvgIpc) is 2.63. The molecule has 0 saturated heterocycles. The van der Waals surface area contributed by atoms with Gasteiger partial charge in [0.25, 0.3) is 0 Å². The first-order chi connectivity index (χ1) is 12.6. The molecule has 4 nitrogen and oxygen atoms in total. The number of carbonyl (C=O) groups is 1. The molecule has 0 aromatic heterocycles. The van der Waals surface area contributed by atoms with Crippen molar-refractivity contribution < 1.29 is 20.1 Å². The lowest BCUT2D eigenvalue weighted by Crippen LogP contribution is -2.22. The molecule has 0 aliphatic carbocycles. The number of aliphatic hydroxyl groups excluding tert-OH is 2. The zero-order chi connectivity index (χ0) is 19.5. The van der Waals surface area contributed by atoms with Crippen molar-refractivity contribution in [2.45, 2.75) is 57.7 Å². The van der Waals surface area contributed by atoms with Crippen molar-refractivity contribution in [1.82, 2.24) is 0 Å². The van der Waals surface area contributed by atoms with E-state index in [1.54, 1.807) is 12.2 Å². The van der Waals surface area contributed by atoms with Crippen molar-refractivity contribution in [3.8, 4) is 0 Å². The van der Waals surface area contributed by atoms with Gasteiger partial charge in [-0.25, -0.2) is 0 Å². The average molecular weight is 360 g/mol. The van der Waals surface area contributed by atoms with E-state index in [4.69, 9.17) is 5.11 Å². The van der Waals surface area contributed by atoms with E-state index in [0.29, 0.717) is 12.8 Å². The van der Waals surface area contributed by atoms with Gasteiger partial charge in [-0.2, -0.15) is 0 Å². The van der Waals surface area contributed by atoms with Crippen LogP contribution in [0.5, 0.6) is 0 Å². The summed E-state index contributed by atoms with van der Waals surface area (Å²) in [5.74, 6) is -0.762. The number of aliphatic carboxylic acids is 1. The van der Waals surface area contributed by atoms with E-state index >= 15 is 0 Å². The molecular formula is C22H32O4. The molecule has 4 heteroatoms. The van der Waals surface area contributed by atoms with E-state index in [2.05, 4.69) is 24.3 Å². The molecule has 144 valence electrons. The Balaban J connectivity index is 3.72. The predicted molar refractivity (Wildman–Crippen MR) is 108 cm³/mol. The van der Waals surface area contributed by atoms with Crippen LogP contribution in [0.25, 0.3) is 0 Å². The van der Waals surface area contributed by atoms with Crippen molar-refractivity contribution >= 4 is 5.97 Å². The third-order valence-electron chi connectivity index (χ3n) is 3.43. The van der Waals surface area contributed by atoms with Gasteiger partial charge >= 0.3 is 5.97 Å². The summed E-state index contributed by atoms with van der Waals surface area (Å²) in [6, 6.07) is 0. The van der Waals surface area contributed by atoms with Crippen LogP contribution < -0.4 is 0 Å². The molecule has 3 N–H and O–H groups in total. The molecule has 0 heterocycles. The number of carboxylic acids is 1. The summed E-state index contributed by atoms with van der Waals surface area (Å²) in [4.78, 5) is 10.3. The van der Waals surface area contributed by atoms with Crippen LogP contribution in [-0.4, -0.2) is 33.5 Å². The topological polar surface area (TPSA) is 77.8 Å². The quantitative estimate of drug-likeness (QED) is 0.315. The largest absolute Gasteiger partial charge is 0.481 e. The zero-order valence-electron chi connectivity index (χ0n) is 15.6. The van der Waals surface area contributed by atoms with Crippen molar-refractivity contribution in [3.63, 3.8) is 0 Å². The Morgan fingerprint density at radius 2 is 1.35 bits per heavy atom. The smallest absolute Gasteiger partial charge is 0.303 e. The van der Waals surface area contributed by atoms with Crippen LogP contribution in [0.15, 0.2) is 72.9 Å². The number of carboxylic acid groups (broad SMARTS) is 1. The van der Waals surface area contributed by atoms with Crippen molar-refractivity contribution in [3.05, 3.63) is 72.9 Å². The fourth-order valence-corrected chi connectivity index (χ4v) is 1.87. The molecule has 0 aliphatic heterocycles. The van der Waals surface area contributed by atoms with Gasteiger partial charge in [-0.3, -0.25) is 4.79 Å². The Bertz CT molecular complexity index is 524. The van der Waals surface area contributed by atoms with Gasteiger partial charge in [0.2, 0.25) is 0 Å². The molecule has 0 spiro atoms. The fraction of sp³-hybridized carbons (Fsp3) is 0.409. The molecule has 26 heavy (non-hydrogen) atoms. The molecule has 0 aliphatic rings. The molecule has 0 saturated carbocycles. The van der Waals surface area contributed by atoms with Gasteiger partial charge in [0.15, 0.2) is 0 Å². The maximum absolute atomic E-state index is 10.3. The molecule has 0 fully saturated rings.